The molecule has 0 unspecified atom stereocenters. The number of ether oxygens (including phenoxy) is 1. The molecular formula is C16H24N2O2. The number of aryl methyl sites for hydroxylation is 1. The van der Waals surface area contributed by atoms with Gasteiger partial charge in [-0.3, -0.25) is 4.79 Å². The number of hydrogen-bond acceptors (Lipinski definition) is 3. The molecule has 0 aliphatic heterocycles. The Balaban J connectivity index is 2.20. The molecule has 0 heterocycles. The third kappa shape index (κ3) is 2.66. The lowest BCUT2D eigenvalue weighted by Crippen LogP contribution is -2.39. The maximum Gasteiger partial charge on any atom is 0.233 e. The van der Waals surface area contributed by atoms with Crippen LogP contribution in [0.25, 0.3) is 0 Å². The van der Waals surface area contributed by atoms with Gasteiger partial charge >= 0.3 is 0 Å². The minimum absolute atomic E-state index is 0.221. The van der Waals surface area contributed by atoms with Crippen LogP contribution in [0.15, 0.2) is 18.2 Å². The highest BCUT2D eigenvalue weighted by atomic mass is 16.5. The van der Waals surface area contributed by atoms with Gasteiger partial charge in [0.15, 0.2) is 0 Å². The summed E-state index contributed by atoms with van der Waals surface area (Å²) in [5, 5.41) is 3.08. The summed E-state index contributed by atoms with van der Waals surface area (Å²) >= 11 is 0. The van der Waals surface area contributed by atoms with Gasteiger partial charge < -0.3 is 15.0 Å². The molecule has 0 aromatic heterocycles. The van der Waals surface area contributed by atoms with Gasteiger partial charge in [0.1, 0.15) is 5.75 Å². The molecule has 1 fully saturated rings. The van der Waals surface area contributed by atoms with Crippen LogP contribution in [0.2, 0.25) is 0 Å². The molecule has 20 heavy (non-hydrogen) atoms. The number of nitrogens with one attached hydrogen (secondary N) is 1. The molecule has 4 nitrogen and oxygen atoms in total. The minimum atomic E-state index is -0.316. The average Bonchev–Trinajstić information content (AvgIpc) is 3.26. The Morgan fingerprint density at radius 2 is 2.15 bits per heavy atom. The fraction of sp³-hybridized carbons (Fsp3) is 0.562. The third-order valence-corrected chi connectivity index (χ3v) is 4.16. The summed E-state index contributed by atoms with van der Waals surface area (Å²) in [7, 11) is 5.45. The SMILES string of the molecule is CNCCN(C)C(=O)C1(c2ccc(C)c(OC)c2)CC1. The molecule has 1 aliphatic rings. The molecule has 2 rings (SSSR count). The smallest absolute Gasteiger partial charge is 0.233 e. The Hall–Kier alpha value is -1.55. The maximum atomic E-state index is 12.7. The molecule has 1 saturated carbocycles. The number of rotatable bonds is 6. The van der Waals surface area contributed by atoms with E-state index in [9.17, 15) is 4.79 Å². The number of amides is 1. The molecule has 0 bridgehead atoms. The molecule has 1 N–H and O–H groups in total. The Morgan fingerprint density at radius 3 is 2.70 bits per heavy atom. The van der Waals surface area contributed by atoms with Crippen LogP contribution in [0, 0.1) is 6.92 Å². The van der Waals surface area contributed by atoms with Crippen LogP contribution in [0.5, 0.6) is 5.75 Å². The lowest BCUT2D eigenvalue weighted by atomic mass is 9.93. The van der Waals surface area contributed by atoms with Gasteiger partial charge in [0.25, 0.3) is 0 Å². The van der Waals surface area contributed by atoms with Crippen LogP contribution >= 0.6 is 0 Å². The van der Waals surface area contributed by atoms with Gasteiger partial charge in [-0.1, -0.05) is 12.1 Å². The first kappa shape index (κ1) is 14.9. The maximum absolute atomic E-state index is 12.7. The van der Waals surface area contributed by atoms with Crippen LogP contribution in [-0.4, -0.2) is 45.1 Å². The molecule has 0 spiro atoms. The van der Waals surface area contributed by atoms with E-state index in [-0.39, 0.29) is 11.3 Å². The second-order valence-corrected chi connectivity index (χ2v) is 5.60. The lowest BCUT2D eigenvalue weighted by Gasteiger charge is -2.24. The first-order valence-corrected chi connectivity index (χ1v) is 7.10. The van der Waals surface area contributed by atoms with Crippen molar-refractivity contribution in [2.24, 2.45) is 0 Å². The van der Waals surface area contributed by atoms with E-state index in [1.165, 1.54) is 0 Å². The van der Waals surface area contributed by atoms with E-state index in [1.807, 2.05) is 38.1 Å². The summed E-state index contributed by atoms with van der Waals surface area (Å²) < 4.78 is 5.38. The average molecular weight is 276 g/mol. The number of hydrogen-bond donors (Lipinski definition) is 1. The molecule has 0 saturated heterocycles. The van der Waals surface area contributed by atoms with Crippen molar-refractivity contribution in [2.75, 3.05) is 34.3 Å². The van der Waals surface area contributed by atoms with E-state index in [2.05, 4.69) is 11.4 Å². The highest BCUT2D eigenvalue weighted by molar-refractivity contribution is 5.91. The second kappa shape index (κ2) is 5.83. The molecule has 0 radical (unpaired) electrons. The van der Waals surface area contributed by atoms with Gasteiger partial charge in [0, 0.05) is 20.1 Å². The highest BCUT2D eigenvalue weighted by Crippen LogP contribution is 2.50. The van der Waals surface area contributed by atoms with E-state index in [4.69, 9.17) is 4.74 Å². The minimum Gasteiger partial charge on any atom is -0.496 e. The van der Waals surface area contributed by atoms with E-state index in [0.717, 1.165) is 42.8 Å². The number of methoxy groups -OCH3 is 1. The van der Waals surface area contributed by atoms with Gasteiger partial charge in [0.05, 0.1) is 12.5 Å². The van der Waals surface area contributed by atoms with Crippen LogP contribution in [0.4, 0.5) is 0 Å². The van der Waals surface area contributed by atoms with Crippen LogP contribution in [0.1, 0.15) is 24.0 Å². The zero-order valence-electron chi connectivity index (χ0n) is 12.8. The molecule has 0 atom stereocenters. The van der Waals surface area contributed by atoms with Crippen molar-refractivity contribution in [1.29, 1.82) is 0 Å². The molecule has 4 heteroatoms. The summed E-state index contributed by atoms with van der Waals surface area (Å²) in [5.74, 6) is 1.08. The molecular weight excluding hydrogens is 252 g/mol. The van der Waals surface area contributed by atoms with Gasteiger partial charge in [0.2, 0.25) is 5.91 Å². The fourth-order valence-electron chi connectivity index (χ4n) is 2.62. The topological polar surface area (TPSA) is 41.6 Å². The molecule has 1 aromatic rings. The molecule has 1 amide bonds. The zero-order valence-corrected chi connectivity index (χ0v) is 12.8. The van der Waals surface area contributed by atoms with Crippen molar-refractivity contribution >= 4 is 5.91 Å². The van der Waals surface area contributed by atoms with Gasteiger partial charge in [-0.15, -0.1) is 0 Å². The second-order valence-electron chi connectivity index (χ2n) is 5.60. The van der Waals surface area contributed by atoms with Crippen molar-refractivity contribution in [3.8, 4) is 5.75 Å². The lowest BCUT2D eigenvalue weighted by molar-refractivity contribution is -0.132. The Bertz CT molecular complexity index is 495. The number of likely N-dealkylation sites (N-methyl/N-ethyl adjacent to an activating group) is 2. The van der Waals surface area contributed by atoms with E-state index >= 15 is 0 Å². The number of benzene rings is 1. The van der Waals surface area contributed by atoms with Crippen molar-refractivity contribution in [1.82, 2.24) is 10.2 Å². The molecule has 1 aliphatic carbocycles. The van der Waals surface area contributed by atoms with Crippen LogP contribution in [-0.2, 0) is 10.2 Å². The van der Waals surface area contributed by atoms with Gasteiger partial charge in [-0.2, -0.15) is 0 Å². The quantitative estimate of drug-likeness (QED) is 0.860. The first-order valence-electron chi connectivity index (χ1n) is 7.10. The van der Waals surface area contributed by atoms with Crippen LogP contribution < -0.4 is 10.1 Å². The summed E-state index contributed by atoms with van der Waals surface area (Å²) in [6.07, 6.45) is 1.86. The van der Waals surface area contributed by atoms with E-state index in [1.54, 1.807) is 7.11 Å². The fourth-order valence-corrected chi connectivity index (χ4v) is 2.62. The Labute approximate surface area is 121 Å². The summed E-state index contributed by atoms with van der Waals surface area (Å²) in [4.78, 5) is 14.5. The standard InChI is InChI=1S/C16H24N2O2/c1-12-5-6-13(11-14(12)20-4)16(7-8-16)15(19)18(3)10-9-17-2/h5-6,11,17H,7-10H2,1-4H3. The van der Waals surface area contributed by atoms with E-state index in [0.29, 0.717) is 0 Å². The zero-order chi connectivity index (χ0) is 14.8. The monoisotopic (exact) mass is 276 g/mol. The number of carbonyl (C=O) groups excluding carboxylic acids is 1. The Kier molecular flexibility index (Phi) is 4.33. The predicted octanol–water partition coefficient (Wildman–Crippen LogP) is 1.71. The van der Waals surface area contributed by atoms with Crippen LogP contribution in [0.3, 0.4) is 0 Å². The predicted molar refractivity (Wildman–Crippen MR) is 80.2 cm³/mol. The van der Waals surface area contributed by atoms with Crippen molar-refractivity contribution < 1.29 is 9.53 Å². The van der Waals surface area contributed by atoms with E-state index < -0.39 is 0 Å². The summed E-state index contributed by atoms with van der Waals surface area (Å²) in [6.45, 7) is 3.57. The molecule has 1 aromatic carbocycles. The largest absolute Gasteiger partial charge is 0.496 e. The normalized spacial score (nSPS) is 15.8. The first-order chi connectivity index (χ1) is 9.55. The van der Waals surface area contributed by atoms with Gasteiger partial charge in [-0.25, -0.2) is 0 Å². The highest BCUT2D eigenvalue weighted by Gasteiger charge is 2.52. The summed E-state index contributed by atoms with van der Waals surface area (Å²) in [5.41, 5.74) is 1.87. The number of nitrogens with zero attached hydrogens (tertiary/aromatic N) is 1. The van der Waals surface area contributed by atoms with Gasteiger partial charge in [-0.05, 0) is 44.0 Å². The summed E-state index contributed by atoms with van der Waals surface area (Å²) in [6, 6.07) is 6.12. The van der Waals surface area contributed by atoms with Crippen molar-refractivity contribution in [3.05, 3.63) is 29.3 Å². The van der Waals surface area contributed by atoms with Crippen molar-refractivity contribution in [2.45, 2.75) is 25.2 Å². The Morgan fingerprint density at radius 1 is 1.45 bits per heavy atom. The number of carbonyl (C=O) groups is 1. The third-order valence-electron chi connectivity index (χ3n) is 4.16. The molecule has 110 valence electrons. The van der Waals surface area contributed by atoms with Crippen molar-refractivity contribution in [3.63, 3.8) is 0 Å².